The van der Waals surface area contributed by atoms with E-state index in [0.717, 1.165) is 22.6 Å². The summed E-state index contributed by atoms with van der Waals surface area (Å²) >= 11 is 0. The van der Waals surface area contributed by atoms with Crippen molar-refractivity contribution in [2.24, 2.45) is 0 Å². The van der Waals surface area contributed by atoms with E-state index in [1.165, 1.54) is 12.1 Å². The minimum absolute atomic E-state index is 0.558. The third-order valence-electron chi connectivity index (χ3n) is 4.63. The Labute approximate surface area is 155 Å². The van der Waals surface area contributed by atoms with Crippen LogP contribution in [0.15, 0.2) is 78.9 Å². The summed E-state index contributed by atoms with van der Waals surface area (Å²) in [6.45, 7) is 1.83. The van der Waals surface area contributed by atoms with Gasteiger partial charge in [-0.1, -0.05) is 66.7 Å². The van der Waals surface area contributed by atoms with Crippen molar-refractivity contribution in [2.75, 3.05) is 0 Å². The molecule has 1 aromatic heterocycles. The number of nitrogens with zero attached hydrogens (tertiary/aromatic N) is 1. The molecule has 0 aliphatic heterocycles. The Kier molecular flexibility index (Phi) is 4.19. The topological polar surface area (TPSA) is 12.9 Å². The summed E-state index contributed by atoms with van der Waals surface area (Å²) in [6, 6.07) is 22.9. The Bertz CT molecular complexity index is 1100. The van der Waals surface area contributed by atoms with Crippen LogP contribution in [0.5, 0.6) is 0 Å². The number of benzene rings is 3. The summed E-state index contributed by atoms with van der Waals surface area (Å²) in [7, 11) is 0. The summed E-state index contributed by atoms with van der Waals surface area (Å²) in [5, 5.41) is 1.28. The fourth-order valence-corrected chi connectivity index (χ4v) is 3.36. The first-order valence-corrected chi connectivity index (χ1v) is 8.57. The van der Waals surface area contributed by atoms with Crippen molar-refractivity contribution in [3.8, 4) is 22.4 Å². The molecule has 0 saturated carbocycles. The number of aryl methyl sites for hydroxylation is 1. The van der Waals surface area contributed by atoms with Crippen molar-refractivity contribution in [2.45, 2.75) is 13.1 Å². The first-order chi connectivity index (χ1) is 12.9. The number of hydrogen-bond donors (Lipinski definition) is 0. The number of rotatable bonds is 2. The molecule has 1 heterocycles. The van der Waals surface area contributed by atoms with Crippen LogP contribution in [0.1, 0.15) is 11.3 Å². The average Bonchev–Trinajstić information content (AvgIpc) is 2.68. The Morgan fingerprint density at radius 1 is 0.704 bits per heavy atom. The highest BCUT2D eigenvalue weighted by Crippen LogP contribution is 2.40. The van der Waals surface area contributed by atoms with E-state index in [0.29, 0.717) is 22.3 Å². The minimum Gasteiger partial charge on any atom is -0.252 e. The molecular formula is C23H16F3N. The molecule has 0 atom stereocenters. The van der Waals surface area contributed by atoms with Crippen LogP contribution >= 0.6 is 0 Å². The van der Waals surface area contributed by atoms with Crippen molar-refractivity contribution in [3.63, 3.8) is 0 Å². The molecule has 27 heavy (non-hydrogen) atoms. The largest absolute Gasteiger partial charge is 0.416 e. The van der Waals surface area contributed by atoms with Crippen LogP contribution in [0.25, 0.3) is 33.2 Å². The third kappa shape index (κ3) is 3.19. The predicted molar refractivity (Wildman–Crippen MR) is 102 cm³/mol. The van der Waals surface area contributed by atoms with Crippen molar-refractivity contribution in [1.29, 1.82) is 0 Å². The summed E-state index contributed by atoms with van der Waals surface area (Å²) in [5.41, 5.74) is 3.17. The normalized spacial score (nSPS) is 11.7. The van der Waals surface area contributed by atoms with Crippen LogP contribution in [-0.2, 0) is 6.18 Å². The molecular weight excluding hydrogens is 347 g/mol. The molecule has 0 fully saturated rings. The molecule has 4 heteroatoms. The maximum Gasteiger partial charge on any atom is 0.416 e. The van der Waals surface area contributed by atoms with Crippen LogP contribution in [0, 0.1) is 6.92 Å². The second-order valence-electron chi connectivity index (χ2n) is 6.41. The van der Waals surface area contributed by atoms with Crippen molar-refractivity contribution in [1.82, 2.24) is 4.98 Å². The number of pyridine rings is 1. The van der Waals surface area contributed by atoms with E-state index >= 15 is 0 Å². The summed E-state index contributed by atoms with van der Waals surface area (Å²) in [6.07, 6.45) is -4.40. The number of alkyl halides is 3. The highest BCUT2D eigenvalue weighted by atomic mass is 19.4. The zero-order valence-electron chi connectivity index (χ0n) is 14.6. The van der Waals surface area contributed by atoms with Gasteiger partial charge in [0.2, 0.25) is 0 Å². The van der Waals surface area contributed by atoms with Gasteiger partial charge in [0.05, 0.1) is 11.3 Å². The van der Waals surface area contributed by atoms with E-state index in [1.807, 2.05) is 67.6 Å². The zero-order valence-corrected chi connectivity index (χ0v) is 14.6. The molecule has 0 bridgehead atoms. The smallest absolute Gasteiger partial charge is 0.252 e. The molecule has 0 aliphatic carbocycles. The fraction of sp³-hybridized carbons (Fsp3) is 0.0870. The van der Waals surface area contributed by atoms with Crippen LogP contribution in [0.2, 0.25) is 0 Å². The van der Waals surface area contributed by atoms with Gasteiger partial charge in [0, 0.05) is 22.2 Å². The maximum atomic E-state index is 13.4. The lowest BCUT2D eigenvalue weighted by molar-refractivity contribution is -0.137. The van der Waals surface area contributed by atoms with E-state index in [1.54, 1.807) is 0 Å². The second kappa shape index (κ2) is 6.54. The van der Waals surface area contributed by atoms with Gasteiger partial charge in [-0.05, 0) is 30.0 Å². The maximum absolute atomic E-state index is 13.4. The van der Waals surface area contributed by atoms with Gasteiger partial charge in [-0.2, -0.15) is 13.2 Å². The lowest BCUT2D eigenvalue weighted by Gasteiger charge is -2.17. The molecule has 0 radical (unpaired) electrons. The summed E-state index contributed by atoms with van der Waals surface area (Å²) in [4.78, 5) is 4.76. The molecule has 0 N–H and O–H groups in total. The fourth-order valence-electron chi connectivity index (χ4n) is 3.36. The minimum atomic E-state index is -4.40. The molecule has 3 aromatic carbocycles. The summed E-state index contributed by atoms with van der Waals surface area (Å²) < 4.78 is 40.1. The molecule has 0 unspecified atom stereocenters. The first-order valence-electron chi connectivity index (χ1n) is 8.57. The Morgan fingerprint density at radius 3 is 1.89 bits per heavy atom. The van der Waals surface area contributed by atoms with Gasteiger partial charge in [-0.3, -0.25) is 4.98 Å². The molecule has 0 aliphatic rings. The van der Waals surface area contributed by atoms with Crippen molar-refractivity contribution in [3.05, 3.63) is 90.1 Å². The van der Waals surface area contributed by atoms with E-state index in [-0.39, 0.29) is 0 Å². The first kappa shape index (κ1) is 17.3. The highest BCUT2D eigenvalue weighted by Gasteiger charge is 2.31. The predicted octanol–water partition coefficient (Wildman–Crippen LogP) is 6.90. The molecule has 0 spiro atoms. The van der Waals surface area contributed by atoms with Crippen LogP contribution < -0.4 is 0 Å². The summed E-state index contributed by atoms with van der Waals surface area (Å²) in [5.74, 6) is 0. The third-order valence-corrected chi connectivity index (χ3v) is 4.63. The van der Waals surface area contributed by atoms with Gasteiger partial charge in [0.1, 0.15) is 0 Å². The van der Waals surface area contributed by atoms with E-state index in [4.69, 9.17) is 4.98 Å². The van der Waals surface area contributed by atoms with Gasteiger partial charge in [-0.15, -0.1) is 0 Å². The van der Waals surface area contributed by atoms with Gasteiger partial charge in [-0.25, -0.2) is 0 Å². The van der Waals surface area contributed by atoms with Crippen LogP contribution in [-0.4, -0.2) is 4.98 Å². The van der Waals surface area contributed by atoms with Crippen molar-refractivity contribution >= 4 is 10.8 Å². The number of fused-ring (bicyclic) bond motifs is 1. The van der Waals surface area contributed by atoms with Crippen LogP contribution in [0.3, 0.4) is 0 Å². The molecule has 0 amide bonds. The van der Waals surface area contributed by atoms with Gasteiger partial charge in [0.25, 0.3) is 0 Å². The van der Waals surface area contributed by atoms with Gasteiger partial charge >= 0.3 is 6.18 Å². The Balaban J connectivity index is 2.14. The molecule has 4 rings (SSSR count). The van der Waals surface area contributed by atoms with Crippen molar-refractivity contribution < 1.29 is 13.2 Å². The van der Waals surface area contributed by atoms with E-state index in [2.05, 4.69) is 0 Å². The Morgan fingerprint density at radius 2 is 1.30 bits per heavy atom. The molecule has 1 nitrogen and oxygen atoms in total. The zero-order chi connectivity index (χ0) is 19.0. The second-order valence-corrected chi connectivity index (χ2v) is 6.41. The molecule has 0 saturated heterocycles. The van der Waals surface area contributed by atoms with Crippen LogP contribution in [0.4, 0.5) is 13.2 Å². The molecule has 134 valence electrons. The van der Waals surface area contributed by atoms with Gasteiger partial charge < -0.3 is 0 Å². The number of aromatic nitrogens is 1. The average molecular weight is 363 g/mol. The highest BCUT2D eigenvalue weighted by molar-refractivity contribution is 6.03. The van der Waals surface area contributed by atoms with E-state index < -0.39 is 11.7 Å². The quantitative estimate of drug-likeness (QED) is 0.378. The standard InChI is InChI=1S/C23H16F3N/c1-15-19-13-12-18(23(24,25)26)14-20(19)21(16-8-4-2-5-9-16)22(27-15)17-10-6-3-7-11-17/h2-14H,1H3. The lowest BCUT2D eigenvalue weighted by Crippen LogP contribution is -2.05. The number of hydrogen-bond acceptors (Lipinski definition) is 1. The monoisotopic (exact) mass is 363 g/mol. The SMILES string of the molecule is Cc1nc(-c2ccccc2)c(-c2ccccc2)c2cc(C(F)(F)F)ccc12. The van der Waals surface area contributed by atoms with Gasteiger partial charge in [0.15, 0.2) is 0 Å². The lowest BCUT2D eigenvalue weighted by atomic mass is 9.92. The van der Waals surface area contributed by atoms with E-state index in [9.17, 15) is 13.2 Å². The molecule has 4 aromatic rings. The number of halogens is 3. The Hall–Kier alpha value is -3.14.